The zero-order valence-corrected chi connectivity index (χ0v) is 10.3. The summed E-state index contributed by atoms with van der Waals surface area (Å²) in [4.78, 5) is 0. The molecule has 0 N–H and O–H groups in total. The summed E-state index contributed by atoms with van der Waals surface area (Å²) in [6.45, 7) is 3.73. The maximum atomic E-state index is 11.0. The highest BCUT2D eigenvalue weighted by atomic mass is 32.2. The normalized spacial score (nSPS) is 12.8. The van der Waals surface area contributed by atoms with Crippen molar-refractivity contribution >= 4 is 23.6 Å². The van der Waals surface area contributed by atoms with Gasteiger partial charge in [0.05, 0.1) is 6.26 Å². The third-order valence-electron chi connectivity index (χ3n) is 1.83. The fourth-order valence-electron chi connectivity index (χ4n) is 1.27. The Hall–Kier alpha value is -0.653. The predicted octanol–water partition coefficient (Wildman–Crippen LogP) is 1.07. The molecule has 0 fully saturated rings. The highest BCUT2D eigenvalue weighted by Gasteiger charge is 2.29. The molecule has 0 saturated carbocycles. The van der Waals surface area contributed by atoms with E-state index in [9.17, 15) is 8.42 Å². The third-order valence-corrected chi connectivity index (χ3v) is 6.43. The van der Waals surface area contributed by atoms with E-state index in [1.54, 1.807) is 0 Å². The van der Waals surface area contributed by atoms with E-state index in [1.807, 2.05) is 43.4 Å². The quantitative estimate of drug-likeness (QED) is 0.730. The van der Waals surface area contributed by atoms with Crippen LogP contribution in [0.3, 0.4) is 0 Å². The Balaban J connectivity index is 2.97. The molecular formula is C9H14O3SSi. The Morgan fingerprint density at radius 1 is 1.14 bits per heavy atom. The first-order valence-electron chi connectivity index (χ1n) is 4.27. The molecular weight excluding hydrogens is 216 g/mol. The van der Waals surface area contributed by atoms with Crippen LogP contribution in [0.4, 0.5) is 0 Å². The van der Waals surface area contributed by atoms with Crippen molar-refractivity contribution in [1.82, 2.24) is 0 Å². The van der Waals surface area contributed by atoms with Crippen LogP contribution in [0.5, 0.6) is 0 Å². The largest absolute Gasteiger partial charge is 0.310 e. The van der Waals surface area contributed by atoms with Crippen molar-refractivity contribution in [3.63, 3.8) is 0 Å². The molecule has 0 aliphatic heterocycles. The molecule has 1 aromatic rings. The predicted molar refractivity (Wildman–Crippen MR) is 59.5 cm³/mol. The van der Waals surface area contributed by atoms with Gasteiger partial charge in [-0.3, -0.25) is 0 Å². The lowest BCUT2D eigenvalue weighted by molar-refractivity contribution is 0.495. The molecule has 1 aromatic carbocycles. The van der Waals surface area contributed by atoms with Crippen LogP contribution in [-0.4, -0.2) is 23.0 Å². The van der Waals surface area contributed by atoms with Gasteiger partial charge < -0.3 is 3.87 Å². The second-order valence-corrected chi connectivity index (χ2v) is 9.34. The lowest BCUT2D eigenvalue weighted by atomic mass is 10.4. The van der Waals surface area contributed by atoms with Crippen LogP contribution in [-0.2, 0) is 14.0 Å². The van der Waals surface area contributed by atoms with Crippen molar-refractivity contribution in [2.75, 3.05) is 6.26 Å². The first-order chi connectivity index (χ1) is 6.31. The molecule has 1 rings (SSSR count). The zero-order valence-electron chi connectivity index (χ0n) is 8.52. The minimum Gasteiger partial charge on any atom is -0.310 e. The van der Waals surface area contributed by atoms with E-state index in [4.69, 9.17) is 3.87 Å². The first kappa shape index (κ1) is 11.4. The molecule has 78 valence electrons. The first-order valence-corrected chi connectivity index (χ1v) is 9.00. The summed E-state index contributed by atoms with van der Waals surface area (Å²) in [6.07, 6.45) is 1.09. The van der Waals surface area contributed by atoms with Crippen LogP contribution in [0.15, 0.2) is 30.3 Å². The van der Waals surface area contributed by atoms with E-state index in [2.05, 4.69) is 0 Å². The van der Waals surface area contributed by atoms with E-state index in [0.29, 0.717) is 0 Å². The average molecular weight is 230 g/mol. The van der Waals surface area contributed by atoms with E-state index in [-0.39, 0.29) is 0 Å². The van der Waals surface area contributed by atoms with Gasteiger partial charge in [-0.2, -0.15) is 0 Å². The molecule has 0 aliphatic carbocycles. The number of rotatable bonds is 3. The Labute approximate surface area is 86.0 Å². The standard InChI is InChI=1S/C9H14O3SSi/c1-13(10,11)12-14(2,3)9-7-5-4-6-8-9/h4-8H,1-3H3. The summed E-state index contributed by atoms with van der Waals surface area (Å²) in [5, 5.41) is 0.977. The Morgan fingerprint density at radius 2 is 1.64 bits per heavy atom. The fourth-order valence-corrected chi connectivity index (χ4v) is 5.67. The van der Waals surface area contributed by atoms with E-state index in [1.165, 1.54) is 0 Å². The second-order valence-electron chi connectivity index (χ2n) is 3.66. The summed E-state index contributed by atoms with van der Waals surface area (Å²) < 4.78 is 27.2. The Bertz CT molecular complexity index is 397. The molecule has 0 bridgehead atoms. The monoisotopic (exact) mass is 230 g/mol. The van der Waals surface area contributed by atoms with Crippen LogP contribution in [0.25, 0.3) is 0 Å². The molecule has 0 amide bonds. The van der Waals surface area contributed by atoms with Crippen LogP contribution < -0.4 is 5.19 Å². The van der Waals surface area contributed by atoms with Crippen LogP contribution >= 0.6 is 0 Å². The van der Waals surface area contributed by atoms with Crippen molar-refractivity contribution in [3.05, 3.63) is 30.3 Å². The highest BCUT2D eigenvalue weighted by Crippen LogP contribution is 2.08. The molecule has 0 aliphatic rings. The Kier molecular flexibility index (Phi) is 3.13. The fraction of sp³-hybridized carbons (Fsp3) is 0.333. The van der Waals surface area contributed by atoms with Crippen molar-refractivity contribution in [1.29, 1.82) is 0 Å². The van der Waals surface area contributed by atoms with Gasteiger partial charge in [0.1, 0.15) is 0 Å². The summed E-state index contributed by atoms with van der Waals surface area (Å²) >= 11 is 0. The summed E-state index contributed by atoms with van der Waals surface area (Å²) in [5.41, 5.74) is 0. The number of hydrogen-bond donors (Lipinski definition) is 0. The number of hydrogen-bond acceptors (Lipinski definition) is 3. The summed E-state index contributed by atoms with van der Waals surface area (Å²) in [7, 11) is -5.67. The molecule has 14 heavy (non-hydrogen) atoms. The van der Waals surface area contributed by atoms with Gasteiger partial charge in [0.15, 0.2) is 0 Å². The maximum absolute atomic E-state index is 11.0. The van der Waals surface area contributed by atoms with E-state index < -0.39 is 18.4 Å². The molecule has 0 radical (unpaired) electrons. The van der Waals surface area contributed by atoms with Crippen molar-refractivity contribution < 1.29 is 12.3 Å². The lowest BCUT2D eigenvalue weighted by Gasteiger charge is -2.20. The average Bonchev–Trinajstić information content (AvgIpc) is 2.01. The second kappa shape index (κ2) is 3.84. The maximum Gasteiger partial charge on any atom is 0.255 e. The molecule has 3 nitrogen and oxygen atoms in total. The molecule has 0 spiro atoms. The van der Waals surface area contributed by atoms with Crippen molar-refractivity contribution in [2.24, 2.45) is 0 Å². The van der Waals surface area contributed by atoms with Crippen LogP contribution in [0.1, 0.15) is 0 Å². The summed E-state index contributed by atoms with van der Waals surface area (Å²) in [6, 6.07) is 9.47. The van der Waals surface area contributed by atoms with Gasteiger partial charge in [-0.05, 0) is 18.3 Å². The SMILES string of the molecule is C[Si](C)(OS(C)(=O)=O)c1ccccc1. The Morgan fingerprint density at radius 3 is 2.07 bits per heavy atom. The molecule has 5 heteroatoms. The summed E-state index contributed by atoms with van der Waals surface area (Å²) in [5.74, 6) is 0. The van der Waals surface area contributed by atoms with Crippen LogP contribution in [0.2, 0.25) is 13.1 Å². The van der Waals surface area contributed by atoms with Crippen LogP contribution in [0, 0.1) is 0 Å². The lowest BCUT2D eigenvalue weighted by Crippen LogP contribution is -2.45. The molecule has 0 unspecified atom stereocenters. The molecule has 0 atom stereocenters. The third kappa shape index (κ3) is 3.25. The van der Waals surface area contributed by atoms with Gasteiger partial charge in [-0.1, -0.05) is 30.3 Å². The van der Waals surface area contributed by atoms with E-state index >= 15 is 0 Å². The molecule has 0 heterocycles. The minimum absolute atomic E-state index is 0.977. The van der Waals surface area contributed by atoms with Gasteiger partial charge in [0, 0.05) is 0 Å². The van der Waals surface area contributed by atoms with Crippen molar-refractivity contribution in [3.8, 4) is 0 Å². The van der Waals surface area contributed by atoms with Gasteiger partial charge in [0.25, 0.3) is 10.1 Å². The molecule has 0 aromatic heterocycles. The zero-order chi connectivity index (χ0) is 10.8. The van der Waals surface area contributed by atoms with Gasteiger partial charge in [-0.15, -0.1) is 0 Å². The highest BCUT2D eigenvalue weighted by molar-refractivity contribution is 7.87. The van der Waals surface area contributed by atoms with Gasteiger partial charge in [0.2, 0.25) is 8.32 Å². The topological polar surface area (TPSA) is 43.4 Å². The van der Waals surface area contributed by atoms with Gasteiger partial charge >= 0.3 is 0 Å². The van der Waals surface area contributed by atoms with Gasteiger partial charge in [-0.25, -0.2) is 8.42 Å². The van der Waals surface area contributed by atoms with E-state index in [0.717, 1.165) is 11.4 Å². The number of benzene rings is 1. The molecule has 0 saturated heterocycles. The van der Waals surface area contributed by atoms with Crippen molar-refractivity contribution in [2.45, 2.75) is 13.1 Å². The minimum atomic E-state index is -3.37. The smallest absolute Gasteiger partial charge is 0.255 e.